The van der Waals surface area contributed by atoms with Crippen LogP contribution in [0.1, 0.15) is 15.9 Å². The first kappa shape index (κ1) is 19.6. The van der Waals surface area contributed by atoms with Crippen molar-refractivity contribution >= 4 is 57.5 Å². The van der Waals surface area contributed by atoms with Gasteiger partial charge in [-0.3, -0.25) is 19.3 Å². The van der Waals surface area contributed by atoms with Crippen LogP contribution in [0.25, 0.3) is 6.08 Å². The van der Waals surface area contributed by atoms with Crippen molar-refractivity contribution in [3.63, 3.8) is 0 Å². The number of carbonyl (C=O) groups excluding carboxylic acids is 3. The minimum atomic E-state index is -0.419. The largest absolute Gasteiger partial charge is 0.350 e. The minimum Gasteiger partial charge on any atom is -0.350 e. The molecule has 1 aliphatic heterocycles. The van der Waals surface area contributed by atoms with E-state index in [0.717, 1.165) is 20.2 Å². The second-order valence-corrected chi connectivity index (χ2v) is 7.78. The molecule has 0 bridgehead atoms. The molecule has 0 aromatic heterocycles. The average Bonchev–Trinajstić information content (AvgIpc) is 2.91. The van der Waals surface area contributed by atoms with Crippen LogP contribution in [0.4, 0.5) is 9.18 Å². The number of hydrogen-bond donors (Lipinski definition) is 1. The van der Waals surface area contributed by atoms with Crippen LogP contribution in [0.2, 0.25) is 0 Å². The van der Waals surface area contributed by atoms with Crippen molar-refractivity contribution in [3.05, 3.63) is 74.0 Å². The highest BCUT2D eigenvalue weighted by molar-refractivity contribution is 14.1. The highest BCUT2D eigenvalue weighted by atomic mass is 127. The summed E-state index contributed by atoms with van der Waals surface area (Å²) >= 11 is 2.90. The van der Waals surface area contributed by atoms with Crippen molar-refractivity contribution in [2.45, 2.75) is 0 Å². The quantitative estimate of drug-likeness (QED) is 0.504. The summed E-state index contributed by atoms with van der Waals surface area (Å²) in [5.41, 5.74) is 1.18. The smallest absolute Gasteiger partial charge is 0.293 e. The topological polar surface area (TPSA) is 66.5 Å². The molecule has 138 valence electrons. The number of halogens is 2. The maximum atomic E-state index is 13.0. The zero-order valence-electron chi connectivity index (χ0n) is 13.9. The number of nitrogens with one attached hydrogen (secondary N) is 1. The Labute approximate surface area is 173 Å². The van der Waals surface area contributed by atoms with Gasteiger partial charge in [-0.05, 0) is 70.3 Å². The van der Waals surface area contributed by atoms with Crippen LogP contribution in [0.15, 0.2) is 53.4 Å². The predicted molar refractivity (Wildman–Crippen MR) is 111 cm³/mol. The average molecular weight is 496 g/mol. The van der Waals surface area contributed by atoms with Crippen molar-refractivity contribution < 1.29 is 18.8 Å². The molecule has 0 radical (unpaired) electrons. The molecule has 3 rings (SSSR count). The number of thioether (sulfide) groups is 1. The second-order valence-electron chi connectivity index (χ2n) is 5.62. The van der Waals surface area contributed by atoms with E-state index in [9.17, 15) is 18.8 Å². The van der Waals surface area contributed by atoms with Gasteiger partial charge in [-0.25, -0.2) is 4.39 Å². The standard InChI is InChI=1S/C19H14FIN2O3S/c20-13-7-5-12(6-8-13)11-16-18(25)23(19(26)27-16)10-9-22-17(24)14-3-1-2-4-15(14)21/h1-8,11H,9-10H2,(H,22,24)/b16-11-. The van der Waals surface area contributed by atoms with Crippen LogP contribution in [0.3, 0.4) is 0 Å². The molecule has 1 aliphatic rings. The first-order valence-corrected chi connectivity index (χ1v) is 9.89. The van der Waals surface area contributed by atoms with E-state index in [2.05, 4.69) is 27.9 Å². The summed E-state index contributed by atoms with van der Waals surface area (Å²) in [6.07, 6.45) is 1.55. The van der Waals surface area contributed by atoms with Gasteiger partial charge < -0.3 is 5.32 Å². The van der Waals surface area contributed by atoms with Crippen molar-refractivity contribution in [1.82, 2.24) is 10.2 Å². The first-order valence-electron chi connectivity index (χ1n) is 7.99. The molecule has 8 heteroatoms. The molecule has 5 nitrogen and oxygen atoms in total. The molecule has 0 atom stereocenters. The van der Waals surface area contributed by atoms with Crippen LogP contribution in [0, 0.1) is 9.39 Å². The molecule has 1 N–H and O–H groups in total. The number of nitrogens with zero attached hydrogens (tertiary/aromatic N) is 1. The Morgan fingerprint density at radius 3 is 2.56 bits per heavy atom. The van der Waals surface area contributed by atoms with Gasteiger partial charge in [0.05, 0.1) is 10.5 Å². The molecule has 1 heterocycles. The second kappa shape index (κ2) is 8.66. The Morgan fingerprint density at radius 1 is 1.15 bits per heavy atom. The molecule has 1 fully saturated rings. The monoisotopic (exact) mass is 496 g/mol. The lowest BCUT2D eigenvalue weighted by molar-refractivity contribution is -0.122. The highest BCUT2D eigenvalue weighted by Crippen LogP contribution is 2.31. The van der Waals surface area contributed by atoms with E-state index in [1.165, 1.54) is 24.3 Å². The Balaban J connectivity index is 1.60. The van der Waals surface area contributed by atoms with Gasteiger partial charge in [0.25, 0.3) is 17.1 Å². The Hall–Kier alpha value is -2.20. The van der Waals surface area contributed by atoms with Gasteiger partial charge in [0.15, 0.2) is 0 Å². The summed E-state index contributed by atoms with van der Waals surface area (Å²) in [5, 5.41) is 2.33. The molecule has 0 aliphatic carbocycles. The Kier molecular flexibility index (Phi) is 6.27. The van der Waals surface area contributed by atoms with E-state index in [-0.39, 0.29) is 29.7 Å². The van der Waals surface area contributed by atoms with Gasteiger partial charge in [-0.1, -0.05) is 24.3 Å². The summed E-state index contributed by atoms with van der Waals surface area (Å²) in [4.78, 5) is 38.1. The molecular weight excluding hydrogens is 482 g/mol. The number of rotatable bonds is 5. The summed E-state index contributed by atoms with van der Waals surface area (Å²) in [6, 6.07) is 12.8. The van der Waals surface area contributed by atoms with Crippen molar-refractivity contribution in [1.29, 1.82) is 0 Å². The molecule has 3 amide bonds. The van der Waals surface area contributed by atoms with Gasteiger partial charge in [0.1, 0.15) is 5.82 Å². The van der Waals surface area contributed by atoms with Crippen molar-refractivity contribution in [2.75, 3.05) is 13.1 Å². The summed E-state index contributed by atoms with van der Waals surface area (Å²) < 4.78 is 13.8. The Bertz CT molecular complexity index is 931. The molecule has 1 saturated heterocycles. The van der Waals surface area contributed by atoms with Gasteiger partial charge >= 0.3 is 0 Å². The molecule has 27 heavy (non-hydrogen) atoms. The third-order valence-electron chi connectivity index (χ3n) is 3.78. The summed E-state index contributed by atoms with van der Waals surface area (Å²) in [5.74, 6) is -1.05. The zero-order chi connectivity index (χ0) is 19.4. The van der Waals surface area contributed by atoms with Crippen LogP contribution in [-0.4, -0.2) is 35.0 Å². The number of carbonyl (C=O) groups is 3. The number of hydrogen-bond acceptors (Lipinski definition) is 4. The fourth-order valence-corrected chi connectivity index (χ4v) is 3.92. The third kappa shape index (κ3) is 4.75. The highest BCUT2D eigenvalue weighted by Gasteiger charge is 2.34. The number of benzene rings is 2. The summed E-state index contributed by atoms with van der Waals surface area (Å²) in [6.45, 7) is 0.242. The molecule has 2 aromatic carbocycles. The van der Waals surface area contributed by atoms with Crippen LogP contribution in [-0.2, 0) is 4.79 Å². The van der Waals surface area contributed by atoms with E-state index in [1.807, 2.05) is 12.1 Å². The molecule has 2 aromatic rings. The number of imide groups is 1. The Morgan fingerprint density at radius 2 is 1.85 bits per heavy atom. The van der Waals surface area contributed by atoms with Crippen molar-refractivity contribution in [3.8, 4) is 0 Å². The summed E-state index contributed by atoms with van der Waals surface area (Å²) in [7, 11) is 0. The number of amides is 3. The normalized spacial score (nSPS) is 15.5. The first-order chi connectivity index (χ1) is 13.0. The van der Waals surface area contributed by atoms with Crippen LogP contribution >= 0.6 is 34.4 Å². The lowest BCUT2D eigenvalue weighted by Gasteiger charge is -2.13. The van der Waals surface area contributed by atoms with Crippen LogP contribution in [0.5, 0.6) is 0 Å². The van der Waals surface area contributed by atoms with Gasteiger partial charge in [0.2, 0.25) is 0 Å². The lowest BCUT2D eigenvalue weighted by Crippen LogP contribution is -2.37. The molecule has 0 spiro atoms. The van der Waals surface area contributed by atoms with Gasteiger partial charge in [-0.2, -0.15) is 0 Å². The predicted octanol–water partition coefficient (Wildman–Crippen LogP) is 3.90. The fraction of sp³-hybridized carbons (Fsp3) is 0.105. The lowest BCUT2D eigenvalue weighted by atomic mass is 10.2. The maximum Gasteiger partial charge on any atom is 0.293 e. The van der Waals surface area contributed by atoms with Gasteiger partial charge in [0, 0.05) is 16.7 Å². The van der Waals surface area contributed by atoms with E-state index in [0.29, 0.717) is 11.1 Å². The van der Waals surface area contributed by atoms with E-state index >= 15 is 0 Å². The zero-order valence-corrected chi connectivity index (χ0v) is 16.9. The third-order valence-corrected chi connectivity index (χ3v) is 5.63. The molecule has 0 unspecified atom stereocenters. The van der Waals surface area contributed by atoms with Gasteiger partial charge in [-0.15, -0.1) is 0 Å². The van der Waals surface area contributed by atoms with E-state index in [4.69, 9.17) is 0 Å². The fourth-order valence-electron chi connectivity index (χ4n) is 2.42. The van der Waals surface area contributed by atoms with Crippen molar-refractivity contribution in [2.24, 2.45) is 0 Å². The van der Waals surface area contributed by atoms with Crippen LogP contribution < -0.4 is 5.32 Å². The molecular formula is C19H14FIN2O3S. The van der Waals surface area contributed by atoms with E-state index in [1.54, 1.807) is 18.2 Å². The molecule has 0 saturated carbocycles. The SMILES string of the molecule is O=C(NCCN1C(=O)S/C(=C\c2ccc(F)cc2)C1=O)c1ccccc1I. The van der Waals surface area contributed by atoms with E-state index < -0.39 is 11.1 Å². The minimum absolute atomic E-state index is 0.0839. The maximum absolute atomic E-state index is 13.0.